The summed E-state index contributed by atoms with van der Waals surface area (Å²) in [5, 5.41) is 0. The Hall–Kier alpha value is -2.22. The fourth-order valence-corrected chi connectivity index (χ4v) is 3.10. The third-order valence-corrected chi connectivity index (χ3v) is 4.63. The van der Waals surface area contributed by atoms with Crippen LogP contribution in [-0.2, 0) is 22.4 Å². The first-order valence-corrected chi connectivity index (χ1v) is 9.35. The van der Waals surface area contributed by atoms with E-state index in [1.54, 1.807) is 0 Å². The van der Waals surface area contributed by atoms with Crippen molar-refractivity contribution in [3.05, 3.63) is 71.8 Å². The van der Waals surface area contributed by atoms with Crippen LogP contribution in [0, 0.1) is 5.92 Å². The van der Waals surface area contributed by atoms with Gasteiger partial charge in [0.15, 0.2) is 0 Å². The van der Waals surface area contributed by atoms with Gasteiger partial charge in [-0.1, -0.05) is 67.1 Å². The Balaban J connectivity index is 1.60. The summed E-state index contributed by atoms with van der Waals surface area (Å²) < 4.78 is 0. The first-order valence-electron chi connectivity index (χ1n) is 9.35. The van der Waals surface area contributed by atoms with Crippen LogP contribution >= 0.6 is 0 Å². The summed E-state index contributed by atoms with van der Waals surface area (Å²) in [7, 11) is 0. The van der Waals surface area contributed by atoms with Gasteiger partial charge in [0.2, 0.25) is 0 Å². The molecule has 2 heteroatoms. The molecule has 0 heterocycles. The highest BCUT2D eigenvalue weighted by Crippen LogP contribution is 2.15. The van der Waals surface area contributed by atoms with Gasteiger partial charge in [0.1, 0.15) is 12.1 Å². The van der Waals surface area contributed by atoms with E-state index >= 15 is 0 Å². The van der Waals surface area contributed by atoms with Gasteiger partial charge >= 0.3 is 0 Å². The normalized spacial score (nSPS) is 11.8. The minimum atomic E-state index is -0.410. The molecule has 0 aliphatic heterocycles. The first kappa shape index (κ1) is 19.1. The largest absolute Gasteiger partial charge is 0.303 e. The molecule has 25 heavy (non-hydrogen) atoms. The second-order valence-corrected chi connectivity index (χ2v) is 6.63. The summed E-state index contributed by atoms with van der Waals surface area (Å²) in [5.74, 6) is -0.296. The third-order valence-electron chi connectivity index (χ3n) is 4.63. The van der Waals surface area contributed by atoms with E-state index in [0.29, 0.717) is 12.8 Å². The van der Waals surface area contributed by atoms with E-state index in [1.165, 1.54) is 11.1 Å². The standard InChI is InChI=1S/C23H28O2/c24-19-22(17-9-7-15-20-11-3-1-4-12-20)23(25)18-10-8-16-21-13-5-2-6-14-21/h1-6,11-14,19,22H,7-10,15-18H2. The van der Waals surface area contributed by atoms with Crippen molar-refractivity contribution in [1.29, 1.82) is 0 Å². The quantitative estimate of drug-likeness (QED) is 0.303. The Morgan fingerprint density at radius 3 is 1.80 bits per heavy atom. The lowest BCUT2D eigenvalue weighted by molar-refractivity contribution is -0.127. The van der Waals surface area contributed by atoms with Crippen LogP contribution < -0.4 is 0 Å². The Bertz CT molecular complexity index is 619. The van der Waals surface area contributed by atoms with Crippen molar-refractivity contribution < 1.29 is 9.59 Å². The molecule has 132 valence electrons. The van der Waals surface area contributed by atoms with Crippen LogP contribution in [0.1, 0.15) is 49.7 Å². The number of aryl methyl sites for hydroxylation is 2. The number of benzene rings is 2. The molecule has 0 radical (unpaired) electrons. The molecule has 2 aromatic carbocycles. The van der Waals surface area contributed by atoms with Gasteiger partial charge in [-0.05, 0) is 49.7 Å². The number of hydrogen-bond acceptors (Lipinski definition) is 2. The van der Waals surface area contributed by atoms with Crippen LogP contribution in [0.2, 0.25) is 0 Å². The zero-order valence-electron chi connectivity index (χ0n) is 14.9. The SMILES string of the molecule is O=CC(CCCCc1ccccc1)C(=O)CCCCc1ccccc1. The summed E-state index contributed by atoms with van der Waals surface area (Å²) in [6.07, 6.45) is 7.88. The van der Waals surface area contributed by atoms with Crippen molar-refractivity contribution in [3.8, 4) is 0 Å². The minimum absolute atomic E-state index is 0.114. The van der Waals surface area contributed by atoms with Crippen molar-refractivity contribution in [2.45, 2.75) is 51.4 Å². The highest BCUT2D eigenvalue weighted by atomic mass is 16.1. The molecule has 0 amide bonds. The van der Waals surface area contributed by atoms with Crippen molar-refractivity contribution >= 4 is 12.1 Å². The monoisotopic (exact) mass is 336 g/mol. The lowest BCUT2D eigenvalue weighted by Crippen LogP contribution is -2.16. The Kier molecular flexibility index (Phi) is 8.68. The van der Waals surface area contributed by atoms with Crippen LogP contribution in [-0.4, -0.2) is 12.1 Å². The van der Waals surface area contributed by atoms with Gasteiger partial charge in [0, 0.05) is 6.42 Å². The van der Waals surface area contributed by atoms with Crippen molar-refractivity contribution in [2.24, 2.45) is 5.92 Å². The first-order chi connectivity index (χ1) is 12.3. The predicted octanol–water partition coefficient (Wildman–Crippen LogP) is 5.20. The van der Waals surface area contributed by atoms with Gasteiger partial charge in [-0.2, -0.15) is 0 Å². The van der Waals surface area contributed by atoms with Crippen LogP contribution in [0.3, 0.4) is 0 Å². The highest BCUT2D eigenvalue weighted by molar-refractivity contribution is 5.93. The molecular formula is C23H28O2. The van der Waals surface area contributed by atoms with Gasteiger partial charge < -0.3 is 4.79 Å². The Morgan fingerprint density at radius 1 is 0.760 bits per heavy atom. The fraction of sp³-hybridized carbons (Fsp3) is 0.391. The molecule has 0 N–H and O–H groups in total. The number of aldehydes is 1. The topological polar surface area (TPSA) is 34.1 Å². The summed E-state index contributed by atoms with van der Waals surface area (Å²) >= 11 is 0. The van der Waals surface area contributed by atoms with Gasteiger partial charge in [0.25, 0.3) is 0 Å². The minimum Gasteiger partial charge on any atom is -0.303 e. The van der Waals surface area contributed by atoms with Crippen LogP contribution in [0.15, 0.2) is 60.7 Å². The average Bonchev–Trinajstić information content (AvgIpc) is 2.67. The third kappa shape index (κ3) is 7.47. The van der Waals surface area contributed by atoms with Gasteiger partial charge in [-0.3, -0.25) is 4.79 Å². The summed E-state index contributed by atoms with van der Waals surface area (Å²) in [5.41, 5.74) is 2.63. The number of unbranched alkanes of at least 4 members (excludes halogenated alkanes) is 2. The van der Waals surface area contributed by atoms with E-state index in [2.05, 4.69) is 24.3 Å². The van der Waals surface area contributed by atoms with E-state index in [1.807, 2.05) is 36.4 Å². The van der Waals surface area contributed by atoms with E-state index in [9.17, 15) is 9.59 Å². The lowest BCUT2D eigenvalue weighted by atomic mass is 9.94. The molecular weight excluding hydrogens is 308 g/mol. The number of ketones is 1. The van der Waals surface area contributed by atoms with Crippen LogP contribution in [0.5, 0.6) is 0 Å². The zero-order chi connectivity index (χ0) is 17.7. The van der Waals surface area contributed by atoms with E-state index < -0.39 is 5.92 Å². The van der Waals surface area contributed by atoms with Gasteiger partial charge in [0.05, 0.1) is 5.92 Å². The molecule has 0 spiro atoms. The number of carbonyl (C=O) groups excluding carboxylic acids is 2. The maximum atomic E-state index is 12.2. The summed E-state index contributed by atoms with van der Waals surface area (Å²) in [4.78, 5) is 23.5. The average molecular weight is 336 g/mol. The molecule has 0 aliphatic rings. The number of Topliss-reactive ketones (excluding diaryl/α,β-unsaturated/α-hetero) is 1. The number of hydrogen-bond donors (Lipinski definition) is 0. The van der Waals surface area contributed by atoms with Crippen molar-refractivity contribution in [1.82, 2.24) is 0 Å². The lowest BCUT2D eigenvalue weighted by Gasteiger charge is -2.09. The summed E-state index contributed by atoms with van der Waals surface area (Å²) in [6, 6.07) is 20.7. The molecule has 0 saturated heterocycles. The molecule has 0 bridgehead atoms. The molecule has 0 saturated carbocycles. The molecule has 2 rings (SSSR count). The smallest absolute Gasteiger partial charge is 0.143 e. The molecule has 0 fully saturated rings. The van der Waals surface area contributed by atoms with E-state index in [0.717, 1.165) is 44.8 Å². The molecule has 1 atom stereocenters. The predicted molar refractivity (Wildman–Crippen MR) is 103 cm³/mol. The highest BCUT2D eigenvalue weighted by Gasteiger charge is 2.16. The Morgan fingerprint density at radius 2 is 1.28 bits per heavy atom. The molecule has 2 aromatic rings. The molecule has 0 aromatic heterocycles. The summed E-state index contributed by atoms with van der Waals surface area (Å²) in [6.45, 7) is 0. The van der Waals surface area contributed by atoms with E-state index in [-0.39, 0.29) is 5.78 Å². The van der Waals surface area contributed by atoms with Crippen LogP contribution in [0.4, 0.5) is 0 Å². The zero-order valence-corrected chi connectivity index (χ0v) is 14.9. The second kappa shape index (κ2) is 11.4. The van der Waals surface area contributed by atoms with E-state index in [4.69, 9.17) is 0 Å². The molecule has 2 nitrogen and oxygen atoms in total. The van der Waals surface area contributed by atoms with Gasteiger partial charge in [-0.15, -0.1) is 0 Å². The van der Waals surface area contributed by atoms with Crippen LogP contribution in [0.25, 0.3) is 0 Å². The Labute approximate surface area is 151 Å². The number of carbonyl (C=O) groups is 2. The second-order valence-electron chi connectivity index (χ2n) is 6.63. The maximum Gasteiger partial charge on any atom is 0.143 e. The molecule has 1 unspecified atom stereocenters. The molecule has 0 aliphatic carbocycles. The van der Waals surface area contributed by atoms with Gasteiger partial charge in [-0.25, -0.2) is 0 Å². The number of rotatable bonds is 12. The van der Waals surface area contributed by atoms with Crippen molar-refractivity contribution in [2.75, 3.05) is 0 Å². The maximum absolute atomic E-state index is 12.2. The van der Waals surface area contributed by atoms with Crippen molar-refractivity contribution in [3.63, 3.8) is 0 Å². The fourth-order valence-electron chi connectivity index (χ4n) is 3.10.